The molecular formula is C9H22N2O3S. The van der Waals surface area contributed by atoms with Crippen molar-refractivity contribution in [2.45, 2.75) is 32.2 Å². The van der Waals surface area contributed by atoms with Crippen molar-refractivity contribution < 1.29 is 13.5 Å². The highest BCUT2D eigenvalue weighted by Gasteiger charge is 2.21. The van der Waals surface area contributed by atoms with Crippen molar-refractivity contribution in [1.29, 1.82) is 0 Å². The van der Waals surface area contributed by atoms with E-state index in [2.05, 4.69) is 10.0 Å². The average molecular weight is 238 g/mol. The minimum atomic E-state index is -3.16. The Morgan fingerprint density at radius 2 is 1.87 bits per heavy atom. The van der Waals surface area contributed by atoms with Crippen LogP contribution in [0.4, 0.5) is 0 Å². The summed E-state index contributed by atoms with van der Waals surface area (Å²) in [4.78, 5) is 0. The van der Waals surface area contributed by atoms with Crippen LogP contribution in [0, 0.1) is 0 Å². The van der Waals surface area contributed by atoms with Gasteiger partial charge in [-0.05, 0) is 33.2 Å². The molecule has 0 aromatic rings. The zero-order valence-corrected chi connectivity index (χ0v) is 10.5. The van der Waals surface area contributed by atoms with Crippen molar-refractivity contribution in [2.75, 3.05) is 26.0 Å². The molecule has 0 atom stereocenters. The van der Waals surface area contributed by atoms with Crippen LogP contribution in [0.1, 0.15) is 26.7 Å². The smallest absolute Gasteiger partial charge is 0.209 e. The maximum Gasteiger partial charge on any atom is 0.209 e. The fourth-order valence-electron chi connectivity index (χ4n) is 1.30. The minimum absolute atomic E-state index is 0.201. The fraction of sp³-hybridized carbons (Fsp3) is 1.00. The third kappa shape index (κ3) is 10.1. The van der Waals surface area contributed by atoms with E-state index >= 15 is 0 Å². The van der Waals surface area contributed by atoms with Crippen LogP contribution >= 0.6 is 0 Å². The first-order valence-electron chi connectivity index (χ1n) is 5.07. The van der Waals surface area contributed by atoms with E-state index in [0.29, 0.717) is 6.54 Å². The van der Waals surface area contributed by atoms with Crippen molar-refractivity contribution in [3.05, 3.63) is 0 Å². The maximum atomic E-state index is 11.0. The van der Waals surface area contributed by atoms with Crippen LogP contribution in [0.15, 0.2) is 0 Å². The quantitative estimate of drug-likeness (QED) is 0.506. The Morgan fingerprint density at radius 1 is 1.27 bits per heavy atom. The highest BCUT2D eigenvalue weighted by Crippen LogP contribution is 2.01. The number of sulfonamides is 1. The van der Waals surface area contributed by atoms with Gasteiger partial charge < -0.3 is 10.4 Å². The molecule has 0 amide bonds. The van der Waals surface area contributed by atoms with Gasteiger partial charge in [0, 0.05) is 18.7 Å². The van der Waals surface area contributed by atoms with E-state index in [-0.39, 0.29) is 6.61 Å². The summed E-state index contributed by atoms with van der Waals surface area (Å²) in [7, 11) is -3.16. The van der Waals surface area contributed by atoms with E-state index < -0.39 is 15.6 Å². The molecule has 0 unspecified atom stereocenters. The Labute approximate surface area is 92.3 Å². The third-order valence-corrected chi connectivity index (χ3v) is 2.71. The van der Waals surface area contributed by atoms with Gasteiger partial charge in [-0.25, -0.2) is 13.1 Å². The lowest BCUT2D eigenvalue weighted by molar-refractivity contribution is 0.282. The molecule has 0 aliphatic heterocycles. The van der Waals surface area contributed by atoms with Gasteiger partial charge in [-0.3, -0.25) is 0 Å². The highest BCUT2D eigenvalue weighted by atomic mass is 32.2. The van der Waals surface area contributed by atoms with Gasteiger partial charge in [0.2, 0.25) is 10.0 Å². The number of aliphatic hydroxyl groups excluding tert-OH is 1. The average Bonchev–Trinajstić information content (AvgIpc) is 1.99. The van der Waals surface area contributed by atoms with Crippen LogP contribution in [0.3, 0.4) is 0 Å². The first-order valence-corrected chi connectivity index (χ1v) is 6.96. The van der Waals surface area contributed by atoms with Crippen LogP contribution in [0.5, 0.6) is 0 Å². The van der Waals surface area contributed by atoms with E-state index in [0.717, 1.165) is 25.6 Å². The lowest BCUT2D eigenvalue weighted by atomic mass is 10.1. The molecule has 0 aromatic carbocycles. The standard InChI is InChI=1S/C9H22N2O3S/c1-9(2,11-15(3,13)14)8-10-6-4-5-7-12/h10-12H,4-8H2,1-3H3. The Hall–Kier alpha value is -0.170. The molecule has 92 valence electrons. The number of hydrogen-bond acceptors (Lipinski definition) is 4. The van der Waals surface area contributed by atoms with Gasteiger partial charge in [0.25, 0.3) is 0 Å². The molecule has 5 nitrogen and oxygen atoms in total. The zero-order valence-electron chi connectivity index (χ0n) is 9.71. The largest absolute Gasteiger partial charge is 0.396 e. The Bertz CT molecular complexity index is 263. The molecule has 0 bridgehead atoms. The van der Waals surface area contributed by atoms with Gasteiger partial charge in [-0.15, -0.1) is 0 Å². The summed E-state index contributed by atoms with van der Waals surface area (Å²) in [6.07, 6.45) is 2.82. The molecular weight excluding hydrogens is 216 g/mol. The van der Waals surface area contributed by atoms with Gasteiger partial charge in [0.1, 0.15) is 0 Å². The summed E-state index contributed by atoms with van der Waals surface area (Å²) < 4.78 is 24.6. The summed E-state index contributed by atoms with van der Waals surface area (Å²) in [6.45, 7) is 5.22. The van der Waals surface area contributed by atoms with E-state index in [9.17, 15) is 8.42 Å². The second-order valence-electron chi connectivity index (χ2n) is 4.37. The van der Waals surface area contributed by atoms with Crippen LogP contribution < -0.4 is 10.0 Å². The lowest BCUT2D eigenvalue weighted by Gasteiger charge is -2.25. The van der Waals surface area contributed by atoms with E-state index in [1.807, 2.05) is 13.8 Å². The van der Waals surface area contributed by atoms with Gasteiger partial charge in [-0.1, -0.05) is 0 Å². The Balaban J connectivity index is 3.75. The van der Waals surface area contributed by atoms with Crippen molar-refractivity contribution in [3.8, 4) is 0 Å². The maximum absolute atomic E-state index is 11.0. The van der Waals surface area contributed by atoms with Gasteiger partial charge in [0.15, 0.2) is 0 Å². The molecule has 0 fully saturated rings. The highest BCUT2D eigenvalue weighted by molar-refractivity contribution is 7.88. The molecule has 0 spiro atoms. The van der Waals surface area contributed by atoms with Crippen LogP contribution in [-0.4, -0.2) is 45.0 Å². The Kier molecular flexibility index (Phi) is 6.35. The molecule has 0 radical (unpaired) electrons. The van der Waals surface area contributed by atoms with Gasteiger partial charge in [-0.2, -0.15) is 0 Å². The van der Waals surface area contributed by atoms with Gasteiger partial charge >= 0.3 is 0 Å². The number of nitrogens with one attached hydrogen (secondary N) is 2. The summed E-state index contributed by atoms with van der Waals surface area (Å²) >= 11 is 0. The van der Waals surface area contributed by atoms with E-state index in [1.165, 1.54) is 0 Å². The van der Waals surface area contributed by atoms with Crippen LogP contribution in [0.2, 0.25) is 0 Å². The van der Waals surface area contributed by atoms with E-state index in [4.69, 9.17) is 5.11 Å². The molecule has 6 heteroatoms. The summed E-state index contributed by atoms with van der Waals surface area (Å²) in [5, 5.41) is 11.7. The number of rotatable bonds is 8. The SMILES string of the molecule is CC(C)(CNCCCCO)NS(C)(=O)=O. The number of hydrogen-bond donors (Lipinski definition) is 3. The second-order valence-corrected chi connectivity index (χ2v) is 6.11. The predicted molar refractivity (Wildman–Crippen MR) is 61.2 cm³/mol. The topological polar surface area (TPSA) is 78.4 Å². The first kappa shape index (κ1) is 14.8. The zero-order chi connectivity index (χ0) is 11.9. The van der Waals surface area contributed by atoms with Crippen molar-refractivity contribution in [2.24, 2.45) is 0 Å². The van der Waals surface area contributed by atoms with Crippen molar-refractivity contribution in [3.63, 3.8) is 0 Å². The minimum Gasteiger partial charge on any atom is -0.396 e. The normalized spacial score (nSPS) is 13.1. The third-order valence-electron chi connectivity index (χ3n) is 1.79. The molecule has 0 aliphatic rings. The molecule has 0 aromatic heterocycles. The Morgan fingerprint density at radius 3 is 2.33 bits per heavy atom. The summed E-state index contributed by atoms with van der Waals surface area (Å²) in [5.74, 6) is 0. The molecule has 0 aliphatic carbocycles. The predicted octanol–water partition coefficient (Wildman–Crippen LogP) is -0.324. The lowest BCUT2D eigenvalue weighted by Crippen LogP contribution is -2.50. The summed E-state index contributed by atoms with van der Waals surface area (Å²) in [5.41, 5.74) is -0.479. The van der Waals surface area contributed by atoms with Crippen molar-refractivity contribution >= 4 is 10.0 Å². The van der Waals surface area contributed by atoms with Crippen molar-refractivity contribution in [1.82, 2.24) is 10.0 Å². The number of aliphatic hydroxyl groups is 1. The van der Waals surface area contributed by atoms with Crippen LogP contribution in [0.25, 0.3) is 0 Å². The van der Waals surface area contributed by atoms with Crippen LogP contribution in [-0.2, 0) is 10.0 Å². The summed E-state index contributed by atoms with van der Waals surface area (Å²) in [6, 6.07) is 0. The second kappa shape index (κ2) is 6.42. The molecule has 3 N–H and O–H groups in total. The molecule has 0 saturated carbocycles. The first-order chi connectivity index (χ1) is 6.77. The monoisotopic (exact) mass is 238 g/mol. The number of unbranched alkanes of at least 4 members (excludes halogenated alkanes) is 1. The molecule has 0 rings (SSSR count). The molecule has 0 saturated heterocycles. The molecule has 15 heavy (non-hydrogen) atoms. The fourth-order valence-corrected chi connectivity index (χ4v) is 2.38. The van der Waals surface area contributed by atoms with E-state index in [1.54, 1.807) is 0 Å². The molecule has 0 heterocycles. The van der Waals surface area contributed by atoms with Gasteiger partial charge in [0.05, 0.1) is 6.26 Å².